The van der Waals surface area contributed by atoms with Crippen molar-refractivity contribution in [2.45, 2.75) is 37.0 Å². The van der Waals surface area contributed by atoms with Crippen LogP contribution in [0.4, 0.5) is 0 Å². The Morgan fingerprint density at radius 2 is 2.16 bits per heavy atom. The largest absolute Gasteiger partial charge is 0.296 e. The van der Waals surface area contributed by atoms with E-state index in [1.54, 1.807) is 15.6 Å². The second-order valence-electron chi connectivity index (χ2n) is 4.43. The van der Waals surface area contributed by atoms with E-state index in [1.807, 2.05) is 6.92 Å². The molecule has 1 aliphatic carbocycles. The van der Waals surface area contributed by atoms with E-state index < -0.39 is 9.05 Å². The van der Waals surface area contributed by atoms with Crippen molar-refractivity contribution in [3.8, 4) is 0 Å². The molecule has 8 nitrogen and oxygen atoms in total. The van der Waals surface area contributed by atoms with Crippen molar-refractivity contribution in [1.29, 1.82) is 0 Å². The lowest BCUT2D eigenvalue weighted by Gasteiger charge is -2.13. The third-order valence-electron chi connectivity index (χ3n) is 3.03. The fraction of sp³-hybridized carbons (Fsp3) is 0.556. The number of rotatable bonds is 4. The fourth-order valence-electron chi connectivity index (χ4n) is 1.95. The number of aromatic nitrogens is 6. The van der Waals surface area contributed by atoms with Crippen molar-refractivity contribution >= 4 is 19.7 Å². The molecule has 1 atom stereocenters. The summed E-state index contributed by atoms with van der Waals surface area (Å²) in [6, 6.07) is -0.165. The molecule has 0 N–H and O–H groups in total. The van der Waals surface area contributed by atoms with Gasteiger partial charge in [0.2, 0.25) is 0 Å². The highest BCUT2D eigenvalue weighted by Crippen LogP contribution is 2.39. The van der Waals surface area contributed by atoms with Crippen LogP contribution >= 0.6 is 10.7 Å². The van der Waals surface area contributed by atoms with Gasteiger partial charge in [-0.3, -0.25) is 4.57 Å². The van der Waals surface area contributed by atoms with E-state index in [-0.39, 0.29) is 17.2 Å². The highest BCUT2D eigenvalue weighted by molar-refractivity contribution is 8.13. The summed E-state index contributed by atoms with van der Waals surface area (Å²) in [6.07, 6.45) is 4.75. The van der Waals surface area contributed by atoms with Gasteiger partial charge >= 0.3 is 0 Å². The first-order valence-electron chi connectivity index (χ1n) is 5.72. The molecule has 2 aromatic rings. The second-order valence-corrected chi connectivity index (χ2v) is 6.89. The lowest BCUT2D eigenvalue weighted by molar-refractivity contribution is 0.489. The monoisotopic (exact) mass is 302 g/mol. The fourth-order valence-corrected chi connectivity index (χ4v) is 2.88. The van der Waals surface area contributed by atoms with E-state index >= 15 is 0 Å². The molecular weight excluding hydrogens is 292 g/mol. The van der Waals surface area contributed by atoms with Gasteiger partial charge in [-0.2, -0.15) is 5.10 Å². The average molecular weight is 303 g/mol. The molecule has 0 aromatic carbocycles. The van der Waals surface area contributed by atoms with Crippen LogP contribution < -0.4 is 0 Å². The summed E-state index contributed by atoms with van der Waals surface area (Å²) in [6.45, 7) is 1.85. The Labute approximate surface area is 113 Å². The van der Waals surface area contributed by atoms with E-state index in [0.29, 0.717) is 5.82 Å². The highest BCUT2D eigenvalue weighted by Gasteiger charge is 2.35. The molecule has 0 amide bonds. The summed E-state index contributed by atoms with van der Waals surface area (Å²) in [5, 5.41) is 11.5. The molecule has 1 saturated carbocycles. The molecule has 1 unspecified atom stereocenters. The first kappa shape index (κ1) is 12.5. The average Bonchev–Trinajstić information content (AvgIpc) is 2.90. The summed E-state index contributed by atoms with van der Waals surface area (Å²) >= 11 is 0. The normalized spacial score (nSPS) is 17.6. The molecule has 3 rings (SSSR count). The smallest absolute Gasteiger partial charge is 0.296 e. The third kappa shape index (κ3) is 2.23. The molecule has 2 aromatic heterocycles. The summed E-state index contributed by atoms with van der Waals surface area (Å²) in [7, 11) is 1.49. The lowest BCUT2D eigenvalue weighted by Crippen LogP contribution is -2.15. The Morgan fingerprint density at radius 3 is 2.68 bits per heavy atom. The molecule has 0 aliphatic heterocycles. The molecular formula is C9H11ClN6O2S. The van der Waals surface area contributed by atoms with Gasteiger partial charge in [-0.1, -0.05) is 0 Å². The van der Waals surface area contributed by atoms with Crippen molar-refractivity contribution in [1.82, 2.24) is 29.5 Å². The minimum atomic E-state index is -3.90. The minimum Gasteiger partial charge on any atom is -0.296 e. The zero-order valence-electron chi connectivity index (χ0n) is 10.0. The Kier molecular flexibility index (Phi) is 2.82. The topological polar surface area (TPSA) is 95.6 Å². The first-order valence-corrected chi connectivity index (χ1v) is 8.03. The van der Waals surface area contributed by atoms with Crippen LogP contribution in [0.3, 0.4) is 0 Å². The van der Waals surface area contributed by atoms with E-state index in [2.05, 4.69) is 20.3 Å². The van der Waals surface area contributed by atoms with Crippen LogP contribution in [0.1, 0.15) is 37.7 Å². The summed E-state index contributed by atoms with van der Waals surface area (Å²) in [4.78, 5) is 3.86. The molecule has 0 radical (unpaired) electrons. The van der Waals surface area contributed by atoms with Gasteiger partial charge in [0, 0.05) is 16.7 Å². The maximum Gasteiger partial charge on any atom is 0.296 e. The van der Waals surface area contributed by atoms with Crippen LogP contribution in [0.5, 0.6) is 0 Å². The van der Waals surface area contributed by atoms with Gasteiger partial charge in [0.1, 0.15) is 18.7 Å². The van der Waals surface area contributed by atoms with Crippen LogP contribution in [0.2, 0.25) is 0 Å². The Hall–Kier alpha value is -1.48. The van der Waals surface area contributed by atoms with Gasteiger partial charge < -0.3 is 0 Å². The van der Waals surface area contributed by atoms with Gasteiger partial charge in [-0.05, 0) is 19.8 Å². The first-order chi connectivity index (χ1) is 8.98. The van der Waals surface area contributed by atoms with Crippen LogP contribution in [0.15, 0.2) is 17.8 Å². The van der Waals surface area contributed by atoms with Crippen LogP contribution in [-0.2, 0) is 9.05 Å². The van der Waals surface area contributed by atoms with Crippen LogP contribution in [-0.4, -0.2) is 37.9 Å². The summed E-state index contributed by atoms with van der Waals surface area (Å²) < 4.78 is 26.2. The zero-order valence-corrected chi connectivity index (χ0v) is 11.6. The van der Waals surface area contributed by atoms with Gasteiger partial charge in [-0.25, -0.2) is 18.1 Å². The number of halogens is 1. The molecule has 2 heterocycles. The summed E-state index contributed by atoms with van der Waals surface area (Å²) in [5.74, 6) is 0.521. The van der Waals surface area contributed by atoms with E-state index in [0.717, 1.165) is 12.8 Å². The van der Waals surface area contributed by atoms with Crippen LogP contribution in [0.25, 0.3) is 0 Å². The van der Waals surface area contributed by atoms with Gasteiger partial charge in [0.15, 0.2) is 5.82 Å². The lowest BCUT2D eigenvalue weighted by atomic mass is 10.3. The molecule has 0 saturated heterocycles. The predicted octanol–water partition coefficient (Wildman–Crippen LogP) is 0.741. The number of hydrogen-bond acceptors (Lipinski definition) is 6. The molecule has 1 aliphatic rings. The molecule has 19 heavy (non-hydrogen) atoms. The second kappa shape index (κ2) is 4.27. The maximum atomic E-state index is 11.5. The minimum absolute atomic E-state index is 0.0968. The quantitative estimate of drug-likeness (QED) is 0.773. The number of nitrogens with zero attached hydrogens (tertiary/aromatic N) is 6. The van der Waals surface area contributed by atoms with Crippen molar-refractivity contribution in [2.24, 2.45) is 0 Å². The maximum absolute atomic E-state index is 11.5. The van der Waals surface area contributed by atoms with Crippen molar-refractivity contribution < 1.29 is 8.42 Å². The molecule has 10 heteroatoms. The molecule has 1 fully saturated rings. The van der Waals surface area contributed by atoms with Crippen molar-refractivity contribution in [3.63, 3.8) is 0 Å². The predicted molar refractivity (Wildman–Crippen MR) is 65.2 cm³/mol. The Bertz CT molecular complexity index is 690. The van der Waals surface area contributed by atoms with Crippen LogP contribution in [0, 0.1) is 0 Å². The standard InChI is InChI=1S/C9H11ClN6O2S/c1-6(15-5-11-4-12-15)8-13-14-9(19(10,17)18)16(8)7-2-3-7/h4-7H,2-3H2,1H3. The van der Waals surface area contributed by atoms with Crippen molar-refractivity contribution in [2.75, 3.05) is 0 Å². The molecule has 0 bridgehead atoms. The van der Waals surface area contributed by atoms with Gasteiger partial charge in [0.25, 0.3) is 14.2 Å². The third-order valence-corrected chi connectivity index (χ3v) is 4.16. The highest BCUT2D eigenvalue weighted by atomic mass is 35.7. The van der Waals surface area contributed by atoms with Crippen molar-refractivity contribution in [3.05, 3.63) is 18.5 Å². The Morgan fingerprint density at radius 1 is 1.42 bits per heavy atom. The van der Waals surface area contributed by atoms with E-state index in [9.17, 15) is 8.42 Å². The summed E-state index contributed by atoms with van der Waals surface area (Å²) in [5.41, 5.74) is 0. The number of hydrogen-bond donors (Lipinski definition) is 0. The SMILES string of the molecule is CC(c1nnc(S(=O)(=O)Cl)n1C1CC1)n1cncn1. The molecule has 102 valence electrons. The Balaban J connectivity index is 2.10. The van der Waals surface area contributed by atoms with E-state index in [4.69, 9.17) is 10.7 Å². The zero-order chi connectivity index (χ0) is 13.6. The van der Waals surface area contributed by atoms with Gasteiger partial charge in [-0.15, -0.1) is 10.2 Å². The molecule has 0 spiro atoms. The van der Waals surface area contributed by atoms with Gasteiger partial charge in [0.05, 0.1) is 0 Å². The van der Waals surface area contributed by atoms with E-state index in [1.165, 1.54) is 6.33 Å².